The van der Waals surface area contributed by atoms with E-state index in [9.17, 15) is 0 Å². The van der Waals surface area contributed by atoms with E-state index in [1.165, 1.54) is 11.1 Å². The van der Waals surface area contributed by atoms with Crippen molar-refractivity contribution in [3.8, 4) is 0 Å². The van der Waals surface area contributed by atoms with E-state index in [0.29, 0.717) is 12.0 Å². The van der Waals surface area contributed by atoms with Crippen LogP contribution in [0.1, 0.15) is 24.9 Å². The van der Waals surface area contributed by atoms with Gasteiger partial charge in [-0.2, -0.15) is 11.8 Å². The van der Waals surface area contributed by atoms with Gasteiger partial charge in [-0.3, -0.25) is 0 Å². The second-order valence-corrected chi connectivity index (χ2v) is 5.21. The minimum absolute atomic E-state index is 0.427. The van der Waals surface area contributed by atoms with Gasteiger partial charge >= 0.3 is 0 Å². The first-order valence-corrected chi connectivity index (χ1v) is 7.30. The molecule has 3 nitrogen and oxygen atoms in total. The molecule has 0 amide bonds. The van der Waals surface area contributed by atoms with Gasteiger partial charge in [0.25, 0.3) is 0 Å². The number of fused-ring (bicyclic) bond motifs is 1. The predicted molar refractivity (Wildman–Crippen MR) is 76.6 cm³/mol. The number of nitrogens with two attached hydrogens (primary N) is 1. The fourth-order valence-corrected chi connectivity index (χ4v) is 3.05. The van der Waals surface area contributed by atoms with Gasteiger partial charge in [0.1, 0.15) is 0 Å². The Hall–Kier alpha value is -1.16. The van der Waals surface area contributed by atoms with E-state index in [2.05, 4.69) is 35.7 Å². The lowest BCUT2D eigenvalue weighted by Crippen LogP contribution is -2.13. The smallest absolute Gasteiger partial charge is 0.201 e. The third-order valence-electron chi connectivity index (χ3n) is 3.13. The van der Waals surface area contributed by atoms with Gasteiger partial charge in [-0.05, 0) is 31.2 Å². The van der Waals surface area contributed by atoms with Crippen molar-refractivity contribution in [2.24, 2.45) is 0 Å². The number of rotatable bonds is 4. The molecule has 0 aliphatic heterocycles. The number of hydrogen-bond acceptors (Lipinski definition) is 3. The highest BCUT2D eigenvalue weighted by Gasteiger charge is 2.16. The Bertz CT molecular complexity index is 519. The van der Waals surface area contributed by atoms with Crippen molar-refractivity contribution in [2.75, 3.05) is 17.7 Å². The number of anilines is 1. The van der Waals surface area contributed by atoms with Crippen LogP contribution in [0.3, 0.4) is 0 Å². The molecule has 1 atom stereocenters. The van der Waals surface area contributed by atoms with Crippen molar-refractivity contribution in [1.29, 1.82) is 0 Å². The molecule has 1 unspecified atom stereocenters. The fourth-order valence-electron chi connectivity index (χ4n) is 2.28. The number of nitrogens with zero attached hydrogens (tertiary/aromatic N) is 2. The largest absolute Gasteiger partial charge is 0.369 e. The summed E-state index contributed by atoms with van der Waals surface area (Å²) in [5, 5.41) is 0. The Balaban J connectivity index is 2.62. The third kappa shape index (κ3) is 2.14. The normalized spacial score (nSPS) is 13.1. The van der Waals surface area contributed by atoms with Crippen molar-refractivity contribution in [3.63, 3.8) is 0 Å². The van der Waals surface area contributed by atoms with E-state index in [4.69, 9.17) is 5.73 Å². The van der Waals surface area contributed by atoms with E-state index < -0.39 is 0 Å². The van der Waals surface area contributed by atoms with Gasteiger partial charge in [-0.15, -0.1) is 0 Å². The molecule has 17 heavy (non-hydrogen) atoms. The molecule has 0 aliphatic carbocycles. The number of imidazole rings is 1. The number of benzene rings is 1. The minimum atomic E-state index is 0.427. The lowest BCUT2D eigenvalue weighted by molar-refractivity contribution is 0.560. The van der Waals surface area contributed by atoms with Crippen molar-refractivity contribution >= 4 is 28.7 Å². The molecule has 4 heteroatoms. The number of hydrogen-bond donors (Lipinski definition) is 1. The van der Waals surface area contributed by atoms with Crippen LogP contribution in [0, 0.1) is 6.92 Å². The first kappa shape index (κ1) is 12.3. The molecule has 2 rings (SSSR count). The molecule has 0 saturated heterocycles. The molecule has 1 aromatic heterocycles. The van der Waals surface area contributed by atoms with Gasteiger partial charge in [-0.1, -0.05) is 19.1 Å². The van der Waals surface area contributed by atoms with Gasteiger partial charge in [-0.25, -0.2) is 4.98 Å². The summed E-state index contributed by atoms with van der Waals surface area (Å²) in [6, 6.07) is 6.60. The SMILES string of the molecule is CCC(CSC)n1c(N)nc2cccc(C)c21. The van der Waals surface area contributed by atoms with Crippen LogP contribution in [0.15, 0.2) is 18.2 Å². The Kier molecular flexibility index (Phi) is 3.62. The van der Waals surface area contributed by atoms with Crippen molar-refractivity contribution in [2.45, 2.75) is 26.3 Å². The zero-order chi connectivity index (χ0) is 12.4. The summed E-state index contributed by atoms with van der Waals surface area (Å²) >= 11 is 1.85. The standard InChI is InChI=1S/C13H19N3S/c1-4-10(8-17-3)16-12-9(2)6-5-7-11(12)15-13(16)14/h5-7,10H,4,8H2,1-3H3,(H2,14,15). The van der Waals surface area contributed by atoms with Crippen LogP contribution in [0.4, 0.5) is 5.95 Å². The molecule has 2 N–H and O–H groups in total. The topological polar surface area (TPSA) is 43.8 Å². The molecule has 1 aromatic carbocycles. The summed E-state index contributed by atoms with van der Waals surface area (Å²) in [6.45, 7) is 4.32. The lowest BCUT2D eigenvalue weighted by atomic mass is 10.2. The second kappa shape index (κ2) is 5.00. The molecule has 92 valence electrons. The molecule has 0 saturated carbocycles. The zero-order valence-corrected chi connectivity index (χ0v) is 11.4. The Labute approximate surface area is 106 Å². The van der Waals surface area contributed by atoms with Gasteiger partial charge in [0, 0.05) is 11.8 Å². The summed E-state index contributed by atoms with van der Waals surface area (Å²) in [4.78, 5) is 4.46. The van der Waals surface area contributed by atoms with Crippen LogP contribution in [0.25, 0.3) is 11.0 Å². The van der Waals surface area contributed by atoms with Crippen LogP contribution in [-0.4, -0.2) is 21.6 Å². The number of nitrogen functional groups attached to an aromatic ring is 1. The van der Waals surface area contributed by atoms with Gasteiger partial charge in [0.05, 0.1) is 11.0 Å². The van der Waals surface area contributed by atoms with Crippen LogP contribution in [0.5, 0.6) is 0 Å². The van der Waals surface area contributed by atoms with E-state index in [1.54, 1.807) is 0 Å². The summed E-state index contributed by atoms with van der Waals surface area (Å²) < 4.78 is 2.20. The molecule has 0 radical (unpaired) electrons. The van der Waals surface area contributed by atoms with Gasteiger partial charge < -0.3 is 10.3 Å². The number of aromatic nitrogens is 2. The summed E-state index contributed by atoms with van der Waals surface area (Å²) in [7, 11) is 0. The molecule has 0 bridgehead atoms. The summed E-state index contributed by atoms with van der Waals surface area (Å²) in [5.41, 5.74) is 9.50. The molecule has 0 aliphatic rings. The maximum atomic E-state index is 6.07. The average molecular weight is 249 g/mol. The van der Waals surface area contributed by atoms with Crippen LogP contribution < -0.4 is 5.73 Å². The Morgan fingerprint density at radius 1 is 1.47 bits per heavy atom. The van der Waals surface area contributed by atoms with Crippen molar-refractivity contribution in [3.05, 3.63) is 23.8 Å². The maximum Gasteiger partial charge on any atom is 0.201 e. The fraction of sp³-hybridized carbons (Fsp3) is 0.462. The zero-order valence-electron chi connectivity index (χ0n) is 10.6. The first-order chi connectivity index (χ1) is 8.19. The van der Waals surface area contributed by atoms with E-state index in [-0.39, 0.29) is 0 Å². The molecular formula is C13H19N3S. The monoisotopic (exact) mass is 249 g/mol. The summed E-state index contributed by atoms with van der Waals surface area (Å²) in [5.74, 6) is 1.70. The van der Waals surface area contributed by atoms with Crippen LogP contribution in [-0.2, 0) is 0 Å². The van der Waals surface area contributed by atoms with Gasteiger partial charge in [0.15, 0.2) is 0 Å². The third-order valence-corrected chi connectivity index (χ3v) is 3.85. The van der Waals surface area contributed by atoms with Crippen LogP contribution >= 0.6 is 11.8 Å². The van der Waals surface area contributed by atoms with Crippen LogP contribution in [0.2, 0.25) is 0 Å². The average Bonchev–Trinajstić information content (AvgIpc) is 2.64. The van der Waals surface area contributed by atoms with Crippen molar-refractivity contribution in [1.82, 2.24) is 9.55 Å². The first-order valence-electron chi connectivity index (χ1n) is 5.91. The Morgan fingerprint density at radius 3 is 2.88 bits per heavy atom. The van der Waals surface area contributed by atoms with E-state index >= 15 is 0 Å². The highest BCUT2D eigenvalue weighted by molar-refractivity contribution is 7.98. The second-order valence-electron chi connectivity index (χ2n) is 4.30. The van der Waals surface area contributed by atoms with E-state index in [0.717, 1.165) is 17.7 Å². The molecule has 0 spiro atoms. The molecular weight excluding hydrogens is 230 g/mol. The quantitative estimate of drug-likeness (QED) is 0.904. The van der Waals surface area contributed by atoms with Crippen molar-refractivity contribution < 1.29 is 0 Å². The highest BCUT2D eigenvalue weighted by atomic mass is 32.2. The minimum Gasteiger partial charge on any atom is -0.369 e. The predicted octanol–water partition coefficient (Wildman–Crippen LogP) is 3.24. The summed E-state index contributed by atoms with van der Waals surface area (Å²) in [6.07, 6.45) is 3.20. The molecule has 1 heterocycles. The number of aryl methyl sites for hydroxylation is 1. The van der Waals surface area contributed by atoms with Gasteiger partial charge in [0.2, 0.25) is 5.95 Å². The molecule has 0 fully saturated rings. The number of para-hydroxylation sites is 1. The Morgan fingerprint density at radius 2 is 2.24 bits per heavy atom. The van der Waals surface area contributed by atoms with E-state index in [1.807, 2.05) is 23.9 Å². The lowest BCUT2D eigenvalue weighted by Gasteiger charge is -2.18. The maximum absolute atomic E-state index is 6.07. The highest BCUT2D eigenvalue weighted by Crippen LogP contribution is 2.28. The molecule has 2 aromatic rings. The number of thioether (sulfide) groups is 1.